The molecule has 30 heavy (non-hydrogen) atoms. The number of aryl methyl sites for hydroxylation is 2. The van der Waals surface area contributed by atoms with Crippen LogP contribution in [0.5, 0.6) is 0 Å². The molecule has 0 bridgehead atoms. The van der Waals surface area contributed by atoms with Gasteiger partial charge in [0.25, 0.3) is 0 Å². The maximum Gasteiger partial charge on any atom is 0.416 e. The quantitative estimate of drug-likeness (QED) is 0.364. The number of halogens is 3. The third-order valence-corrected chi connectivity index (χ3v) is 4.76. The first kappa shape index (κ1) is 21.9. The number of nitrogens with one attached hydrogen (secondary N) is 3. The molecule has 0 amide bonds. The van der Waals surface area contributed by atoms with E-state index in [1.165, 1.54) is 12.1 Å². The Morgan fingerprint density at radius 1 is 1.03 bits per heavy atom. The van der Waals surface area contributed by atoms with Gasteiger partial charge in [-0.1, -0.05) is 12.8 Å². The molecule has 1 aliphatic carbocycles. The molecule has 6 nitrogen and oxygen atoms in total. The van der Waals surface area contributed by atoms with Crippen molar-refractivity contribution in [1.29, 1.82) is 0 Å². The summed E-state index contributed by atoms with van der Waals surface area (Å²) in [6.45, 7) is 3.75. The Morgan fingerprint density at radius 2 is 1.63 bits per heavy atom. The summed E-state index contributed by atoms with van der Waals surface area (Å²) >= 11 is 5.32. The Bertz CT molecular complexity index is 901. The lowest BCUT2D eigenvalue weighted by atomic mass is 10.2. The monoisotopic (exact) mass is 436 g/mol. The van der Waals surface area contributed by atoms with Crippen molar-refractivity contribution < 1.29 is 13.2 Å². The number of aliphatic imine (C=N–C) groups is 1. The van der Waals surface area contributed by atoms with Gasteiger partial charge >= 0.3 is 6.18 Å². The molecule has 2 aromatic rings. The Labute approximate surface area is 178 Å². The Balaban J connectivity index is 1.71. The molecule has 1 aliphatic rings. The standard InChI is InChI=1S/C20H23F3N6S/c1-12-11-13(2)25-17(24-12)28-18(26-15-5-3-4-6-15)29-19(30)27-16-9-7-14(8-10-16)20(21,22)23/h7-11,15H,3-6H2,1-2H3,(H3,24,25,26,27,28,29,30). The summed E-state index contributed by atoms with van der Waals surface area (Å²) < 4.78 is 38.2. The molecule has 0 atom stereocenters. The fourth-order valence-corrected chi connectivity index (χ4v) is 3.43. The summed E-state index contributed by atoms with van der Waals surface area (Å²) in [5.41, 5.74) is 1.35. The molecular formula is C20H23F3N6S. The number of thiocarbonyl (C=S) groups is 1. The van der Waals surface area contributed by atoms with E-state index >= 15 is 0 Å². The Hall–Kier alpha value is -2.75. The van der Waals surface area contributed by atoms with Gasteiger partial charge in [0.05, 0.1) is 11.6 Å². The number of hydrogen-bond acceptors (Lipinski definition) is 4. The van der Waals surface area contributed by atoms with Gasteiger partial charge in [0, 0.05) is 17.1 Å². The minimum atomic E-state index is -4.38. The van der Waals surface area contributed by atoms with Crippen molar-refractivity contribution in [3.8, 4) is 0 Å². The van der Waals surface area contributed by atoms with Crippen LogP contribution in [0.25, 0.3) is 0 Å². The molecule has 0 radical (unpaired) electrons. The first-order valence-corrected chi connectivity index (χ1v) is 10.0. The van der Waals surface area contributed by atoms with Crippen molar-refractivity contribution in [3.05, 3.63) is 47.3 Å². The highest BCUT2D eigenvalue weighted by atomic mass is 32.1. The second-order valence-electron chi connectivity index (χ2n) is 7.17. The van der Waals surface area contributed by atoms with Gasteiger partial charge in [0.2, 0.25) is 11.9 Å². The smallest absolute Gasteiger partial charge is 0.332 e. The first-order valence-electron chi connectivity index (χ1n) is 9.61. The van der Waals surface area contributed by atoms with Gasteiger partial charge in [-0.15, -0.1) is 0 Å². The van der Waals surface area contributed by atoms with Crippen LogP contribution in [0.3, 0.4) is 0 Å². The van der Waals surface area contributed by atoms with Crippen molar-refractivity contribution in [2.45, 2.75) is 51.7 Å². The van der Waals surface area contributed by atoms with Crippen LogP contribution in [-0.2, 0) is 6.18 Å². The van der Waals surface area contributed by atoms with Gasteiger partial charge in [-0.2, -0.15) is 13.2 Å². The highest BCUT2D eigenvalue weighted by molar-refractivity contribution is 7.80. The SMILES string of the molecule is Cc1cc(C)nc(NC(=NC2CCCC2)NC(=S)Nc2ccc(C(F)(F)F)cc2)n1. The molecule has 0 saturated heterocycles. The Kier molecular flexibility index (Phi) is 6.86. The second kappa shape index (κ2) is 9.38. The van der Waals surface area contributed by atoms with Crippen LogP contribution in [0.15, 0.2) is 35.3 Å². The van der Waals surface area contributed by atoms with E-state index in [4.69, 9.17) is 17.2 Å². The van der Waals surface area contributed by atoms with E-state index in [9.17, 15) is 13.2 Å². The van der Waals surface area contributed by atoms with Gasteiger partial charge in [-0.3, -0.25) is 5.32 Å². The Morgan fingerprint density at radius 3 is 2.20 bits per heavy atom. The summed E-state index contributed by atoms with van der Waals surface area (Å²) in [5.74, 6) is 0.797. The fourth-order valence-electron chi connectivity index (χ4n) is 3.21. The minimum Gasteiger partial charge on any atom is -0.332 e. The van der Waals surface area contributed by atoms with Crippen LogP contribution >= 0.6 is 12.2 Å². The largest absolute Gasteiger partial charge is 0.416 e. The molecule has 1 aromatic carbocycles. The number of aromatic nitrogens is 2. The van der Waals surface area contributed by atoms with Crippen molar-refractivity contribution >= 4 is 34.9 Å². The summed E-state index contributed by atoms with van der Waals surface area (Å²) in [6.07, 6.45) is -0.168. The number of rotatable bonds is 3. The molecule has 0 aliphatic heterocycles. The normalized spacial score (nSPS) is 15.2. The summed E-state index contributed by atoms with van der Waals surface area (Å²) in [6, 6.07) is 6.68. The molecule has 1 fully saturated rings. The fraction of sp³-hybridized carbons (Fsp3) is 0.400. The number of anilines is 2. The van der Waals surface area contributed by atoms with Crippen LogP contribution in [0.2, 0.25) is 0 Å². The summed E-state index contributed by atoms with van der Waals surface area (Å²) in [5, 5.41) is 9.13. The van der Waals surface area contributed by atoms with Gasteiger partial charge in [-0.25, -0.2) is 15.0 Å². The van der Waals surface area contributed by atoms with Crippen LogP contribution in [0, 0.1) is 13.8 Å². The molecule has 1 saturated carbocycles. The zero-order valence-corrected chi connectivity index (χ0v) is 17.5. The van der Waals surface area contributed by atoms with Crippen LogP contribution < -0.4 is 16.0 Å². The van der Waals surface area contributed by atoms with Crippen LogP contribution in [0.1, 0.15) is 42.6 Å². The van der Waals surface area contributed by atoms with E-state index in [1.807, 2.05) is 19.9 Å². The van der Waals surface area contributed by atoms with Crippen molar-refractivity contribution in [2.24, 2.45) is 4.99 Å². The molecule has 160 valence electrons. The molecular weight excluding hydrogens is 413 g/mol. The average Bonchev–Trinajstić information content (AvgIpc) is 3.13. The van der Waals surface area contributed by atoms with Gasteiger partial charge in [0.1, 0.15) is 0 Å². The predicted octanol–water partition coefficient (Wildman–Crippen LogP) is 4.81. The van der Waals surface area contributed by atoms with E-state index in [0.29, 0.717) is 17.6 Å². The van der Waals surface area contributed by atoms with E-state index in [1.54, 1.807) is 0 Å². The lowest BCUT2D eigenvalue weighted by molar-refractivity contribution is -0.137. The number of guanidine groups is 1. The molecule has 0 unspecified atom stereocenters. The van der Waals surface area contributed by atoms with Crippen molar-refractivity contribution in [1.82, 2.24) is 15.3 Å². The van der Waals surface area contributed by atoms with Crippen LogP contribution in [-0.4, -0.2) is 27.1 Å². The number of alkyl halides is 3. The van der Waals surface area contributed by atoms with Gasteiger partial charge in [0.15, 0.2) is 5.11 Å². The number of benzene rings is 1. The van der Waals surface area contributed by atoms with E-state index < -0.39 is 11.7 Å². The summed E-state index contributed by atoms with van der Waals surface area (Å²) in [4.78, 5) is 13.4. The van der Waals surface area contributed by atoms with E-state index in [2.05, 4.69) is 25.9 Å². The predicted molar refractivity (Wildman–Crippen MR) is 116 cm³/mol. The molecule has 3 N–H and O–H groups in total. The molecule has 10 heteroatoms. The second-order valence-corrected chi connectivity index (χ2v) is 7.58. The third-order valence-electron chi connectivity index (χ3n) is 4.55. The highest BCUT2D eigenvalue weighted by Gasteiger charge is 2.30. The lowest BCUT2D eigenvalue weighted by Crippen LogP contribution is -2.40. The lowest BCUT2D eigenvalue weighted by Gasteiger charge is -2.16. The number of nitrogens with zero attached hydrogens (tertiary/aromatic N) is 3. The van der Waals surface area contributed by atoms with Crippen molar-refractivity contribution in [3.63, 3.8) is 0 Å². The molecule has 1 heterocycles. The maximum atomic E-state index is 12.7. The van der Waals surface area contributed by atoms with Crippen LogP contribution in [0.4, 0.5) is 24.8 Å². The summed E-state index contributed by atoms with van der Waals surface area (Å²) in [7, 11) is 0. The third kappa shape index (κ3) is 6.38. The molecule has 1 aromatic heterocycles. The highest BCUT2D eigenvalue weighted by Crippen LogP contribution is 2.29. The van der Waals surface area contributed by atoms with E-state index in [0.717, 1.165) is 49.2 Å². The first-order chi connectivity index (χ1) is 14.2. The number of hydrogen-bond donors (Lipinski definition) is 3. The zero-order valence-electron chi connectivity index (χ0n) is 16.7. The van der Waals surface area contributed by atoms with E-state index in [-0.39, 0.29) is 11.2 Å². The topological polar surface area (TPSA) is 74.2 Å². The zero-order chi connectivity index (χ0) is 21.7. The average molecular weight is 437 g/mol. The van der Waals surface area contributed by atoms with Gasteiger partial charge < -0.3 is 10.6 Å². The minimum absolute atomic E-state index is 0.166. The molecule has 0 spiro atoms. The maximum absolute atomic E-state index is 12.7. The van der Waals surface area contributed by atoms with Gasteiger partial charge in [-0.05, 0) is 69.2 Å². The van der Waals surface area contributed by atoms with Crippen molar-refractivity contribution in [2.75, 3.05) is 10.6 Å². The molecule has 3 rings (SSSR count).